The molecule has 0 bridgehead atoms. The maximum atomic E-state index is 6.33. The van der Waals surface area contributed by atoms with Crippen molar-refractivity contribution < 1.29 is 9.47 Å². The molecule has 3 N–H and O–H groups in total. The predicted octanol–water partition coefficient (Wildman–Crippen LogP) is 3.63. The van der Waals surface area contributed by atoms with Crippen LogP contribution in [-0.4, -0.2) is 24.2 Å². The van der Waals surface area contributed by atoms with Crippen molar-refractivity contribution in [1.29, 1.82) is 0 Å². The fourth-order valence-electron chi connectivity index (χ4n) is 2.16. The Balaban J connectivity index is 2.06. The molecule has 0 aliphatic rings. The molecule has 0 atom stereocenters. The number of nitrogens with one attached hydrogen (secondary N) is 1. The lowest BCUT2D eigenvalue weighted by molar-refractivity contribution is 0.395. The molecule has 1 heterocycles. The van der Waals surface area contributed by atoms with E-state index in [2.05, 4.69) is 15.3 Å². The van der Waals surface area contributed by atoms with Gasteiger partial charge in [-0.15, -0.1) is 0 Å². The van der Waals surface area contributed by atoms with Crippen molar-refractivity contribution in [3.8, 4) is 11.5 Å². The number of hydrogen-bond donors (Lipinski definition) is 2. The zero-order valence-electron chi connectivity index (χ0n) is 12.6. The molecule has 0 saturated carbocycles. The second-order valence-corrected chi connectivity index (χ2v) is 5.14. The lowest BCUT2D eigenvalue weighted by atomic mass is 10.2. The van der Waals surface area contributed by atoms with Crippen LogP contribution in [0.15, 0.2) is 36.4 Å². The highest BCUT2D eigenvalue weighted by atomic mass is 35.5. The van der Waals surface area contributed by atoms with E-state index in [0.29, 0.717) is 28.0 Å². The third-order valence-electron chi connectivity index (χ3n) is 3.32. The molecular weight excluding hydrogens is 316 g/mol. The summed E-state index contributed by atoms with van der Waals surface area (Å²) in [5.41, 5.74) is 8.01. The van der Waals surface area contributed by atoms with E-state index in [4.69, 9.17) is 26.8 Å². The summed E-state index contributed by atoms with van der Waals surface area (Å²) in [4.78, 5) is 8.82. The van der Waals surface area contributed by atoms with Crippen molar-refractivity contribution >= 4 is 40.0 Å². The van der Waals surface area contributed by atoms with Crippen LogP contribution in [0.2, 0.25) is 5.02 Å². The number of nitrogens with zero attached hydrogens (tertiary/aromatic N) is 2. The Morgan fingerprint density at radius 3 is 2.39 bits per heavy atom. The van der Waals surface area contributed by atoms with E-state index in [1.54, 1.807) is 19.2 Å². The van der Waals surface area contributed by atoms with Crippen molar-refractivity contribution in [3.63, 3.8) is 0 Å². The van der Waals surface area contributed by atoms with Crippen LogP contribution in [0.3, 0.4) is 0 Å². The zero-order chi connectivity index (χ0) is 16.4. The highest BCUT2D eigenvalue weighted by Gasteiger charge is 2.13. The van der Waals surface area contributed by atoms with Gasteiger partial charge in [0.1, 0.15) is 16.5 Å². The quantitative estimate of drug-likeness (QED) is 0.760. The van der Waals surface area contributed by atoms with Crippen molar-refractivity contribution in [3.05, 3.63) is 41.4 Å². The van der Waals surface area contributed by atoms with Crippen LogP contribution in [0.1, 0.15) is 0 Å². The molecule has 0 unspecified atom stereocenters. The largest absolute Gasteiger partial charge is 0.497 e. The summed E-state index contributed by atoms with van der Waals surface area (Å²) in [7, 11) is 3.10. The molecule has 118 valence electrons. The van der Waals surface area contributed by atoms with Crippen LogP contribution in [0.5, 0.6) is 11.5 Å². The first-order valence-electron chi connectivity index (χ1n) is 6.83. The van der Waals surface area contributed by atoms with Gasteiger partial charge in [0, 0.05) is 12.1 Å². The van der Waals surface area contributed by atoms with Crippen molar-refractivity contribution in [1.82, 2.24) is 9.97 Å². The second kappa shape index (κ2) is 6.18. The van der Waals surface area contributed by atoms with Gasteiger partial charge >= 0.3 is 0 Å². The number of halogens is 1. The number of methoxy groups -OCH3 is 2. The minimum atomic E-state index is 0.279. The summed E-state index contributed by atoms with van der Waals surface area (Å²) >= 11 is 6.33. The molecule has 0 fully saturated rings. The van der Waals surface area contributed by atoms with Crippen molar-refractivity contribution in [2.45, 2.75) is 0 Å². The van der Waals surface area contributed by atoms with E-state index in [0.717, 1.165) is 11.0 Å². The molecule has 2 aromatic carbocycles. The average Bonchev–Trinajstić information content (AvgIpc) is 2.57. The van der Waals surface area contributed by atoms with Gasteiger partial charge in [0.2, 0.25) is 0 Å². The molecule has 0 aliphatic heterocycles. The maximum Gasteiger partial charge on any atom is 0.174 e. The summed E-state index contributed by atoms with van der Waals surface area (Å²) in [5.74, 6) is 1.78. The number of benzene rings is 2. The van der Waals surface area contributed by atoms with E-state index in [9.17, 15) is 0 Å². The average molecular weight is 331 g/mol. The van der Waals surface area contributed by atoms with Gasteiger partial charge in [-0.1, -0.05) is 23.7 Å². The fourth-order valence-corrected chi connectivity index (χ4v) is 2.40. The number of hydrogen-bond acceptors (Lipinski definition) is 6. The third kappa shape index (κ3) is 2.93. The predicted molar refractivity (Wildman–Crippen MR) is 91.8 cm³/mol. The standard InChI is InChI=1S/C16H15ClN4O2/c1-22-9-7-12(14(17)13(8-9)23-2)21-16-15(18)19-10-5-3-4-6-11(10)20-16/h3-8H,1-2H3,(H2,18,19)(H,20,21). The molecule has 0 amide bonds. The molecule has 0 aliphatic carbocycles. The van der Waals surface area contributed by atoms with Gasteiger partial charge in [0.25, 0.3) is 0 Å². The highest BCUT2D eigenvalue weighted by Crippen LogP contribution is 2.38. The first-order valence-corrected chi connectivity index (χ1v) is 7.21. The Hall–Kier alpha value is -2.73. The van der Waals surface area contributed by atoms with Gasteiger partial charge < -0.3 is 20.5 Å². The fraction of sp³-hybridized carbons (Fsp3) is 0.125. The maximum absolute atomic E-state index is 6.33. The number of rotatable bonds is 4. The molecule has 3 aromatic rings. The Morgan fingerprint density at radius 2 is 1.74 bits per heavy atom. The summed E-state index contributed by atoms with van der Waals surface area (Å²) in [6.45, 7) is 0. The lowest BCUT2D eigenvalue weighted by Gasteiger charge is -2.14. The van der Waals surface area contributed by atoms with Crippen LogP contribution >= 0.6 is 11.6 Å². The molecule has 23 heavy (non-hydrogen) atoms. The van der Waals surface area contributed by atoms with Crippen LogP contribution in [-0.2, 0) is 0 Å². The number of para-hydroxylation sites is 2. The SMILES string of the molecule is COc1cc(Nc2nc3ccccc3nc2N)c(Cl)c(OC)c1. The Labute approximate surface area is 138 Å². The number of aromatic nitrogens is 2. The van der Waals surface area contributed by atoms with Crippen LogP contribution < -0.4 is 20.5 Å². The molecule has 0 spiro atoms. The highest BCUT2D eigenvalue weighted by molar-refractivity contribution is 6.35. The van der Waals surface area contributed by atoms with Gasteiger partial charge in [-0.2, -0.15) is 0 Å². The van der Waals surface area contributed by atoms with E-state index >= 15 is 0 Å². The minimum absolute atomic E-state index is 0.279. The molecule has 6 nitrogen and oxygen atoms in total. The molecule has 1 aromatic heterocycles. The molecule has 7 heteroatoms. The summed E-state index contributed by atoms with van der Waals surface area (Å²) in [6.07, 6.45) is 0. The smallest absolute Gasteiger partial charge is 0.174 e. The number of nitrogen functional groups attached to an aromatic ring is 1. The molecule has 0 radical (unpaired) electrons. The van der Waals surface area contributed by atoms with E-state index in [-0.39, 0.29) is 5.82 Å². The first kappa shape index (κ1) is 15.2. The number of nitrogens with two attached hydrogens (primary N) is 1. The Bertz CT molecular complexity index is 870. The van der Waals surface area contributed by atoms with Crippen LogP contribution in [0.25, 0.3) is 11.0 Å². The van der Waals surface area contributed by atoms with Gasteiger partial charge in [-0.05, 0) is 12.1 Å². The minimum Gasteiger partial charge on any atom is -0.497 e. The summed E-state index contributed by atoms with van der Waals surface area (Å²) < 4.78 is 10.5. The van der Waals surface area contributed by atoms with Gasteiger partial charge in [0.05, 0.1) is 30.9 Å². The summed E-state index contributed by atoms with van der Waals surface area (Å²) in [5, 5.41) is 3.50. The topological polar surface area (TPSA) is 82.3 Å². The third-order valence-corrected chi connectivity index (χ3v) is 3.71. The normalized spacial score (nSPS) is 10.6. The van der Waals surface area contributed by atoms with E-state index in [1.165, 1.54) is 7.11 Å². The zero-order valence-corrected chi connectivity index (χ0v) is 13.4. The number of fused-ring (bicyclic) bond motifs is 1. The first-order chi connectivity index (χ1) is 11.1. The van der Waals surface area contributed by atoms with Crippen molar-refractivity contribution in [2.75, 3.05) is 25.3 Å². The second-order valence-electron chi connectivity index (χ2n) is 4.76. The summed E-state index contributed by atoms with van der Waals surface area (Å²) in [6, 6.07) is 10.9. The van der Waals surface area contributed by atoms with E-state index in [1.807, 2.05) is 24.3 Å². The van der Waals surface area contributed by atoms with E-state index < -0.39 is 0 Å². The number of anilines is 3. The number of ether oxygens (including phenoxy) is 2. The Morgan fingerprint density at radius 1 is 1.04 bits per heavy atom. The van der Waals surface area contributed by atoms with Crippen molar-refractivity contribution in [2.24, 2.45) is 0 Å². The molecule has 3 rings (SSSR count). The Kier molecular flexibility index (Phi) is 4.08. The van der Waals surface area contributed by atoms with Gasteiger partial charge in [-0.25, -0.2) is 9.97 Å². The van der Waals surface area contributed by atoms with Crippen LogP contribution in [0, 0.1) is 0 Å². The molecule has 0 saturated heterocycles. The van der Waals surface area contributed by atoms with Gasteiger partial charge in [-0.3, -0.25) is 0 Å². The van der Waals surface area contributed by atoms with Gasteiger partial charge in [0.15, 0.2) is 11.6 Å². The monoisotopic (exact) mass is 330 g/mol. The lowest BCUT2D eigenvalue weighted by Crippen LogP contribution is -2.03. The van der Waals surface area contributed by atoms with Crippen LogP contribution in [0.4, 0.5) is 17.3 Å². The molecular formula is C16H15ClN4O2.